The Kier molecular flexibility index (Phi) is 18.5. The predicted octanol–water partition coefficient (Wildman–Crippen LogP) is 10.6. The van der Waals surface area contributed by atoms with E-state index in [9.17, 15) is 13.2 Å². The lowest BCUT2D eigenvalue weighted by atomic mass is 10.0. The van der Waals surface area contributed by atoms with Crippen LogP contribution >= 0.6 is 0 Å². The van der Waals surface area contributed by atoms with Gasteiger partial charge in [0.2, 0.25) is 0 Å². The first kappa shape index (κ1) is 38.1. The second-order valence-electron chi connectivity index (χ2n) is 12.1. The topological polar surface area (TPSA) is 60.4 Å². The van der Waals surface area contributed by atoms with E-state index in [1.807, 2.05) is 25.1 Å². The Morgan fingerprint density at radius 3 is 1.63 bits per heavy atom. The van der Waals surface area contributed by atoms with Crippen LogP contribution in [0.5, 0.6) is 0 Å². The van der Waals surface area contributed by atoms with Crippen LogP contribution in [0.2, 0.25) is 0 Å². The summed E-state index contributed by atoms with van der Waals surface area (Å²) < 4.78 is 32.3. The quantitative estimate of drug-likeness (QED) is 0.116. The number of carbonyl (C=O) groups excluding carboxylic acids is 1. The summed E-state index contributed by atoms with van der Waals surface area (Å²) in [5.74, 6) is -0.262. The van der Waals surface area contributed by atoms with Gasteiger partial charge in [-0.05, 0) is 124 Å². The van der Waals surface area contributed by atoms with Gasteiger partial charge < -0.3 is 4.74 Å². The summed E-state index contributed by atoms with van der Waals surface area (Å²) in [6, 6.07) is 8.83. The molecule has 1 aromatic rings. The molecule has 0 saturated carbocycles. The van der Waals surface area contributed by atoms with E-state index < -0.39 is 15.1 Å². The summed E-state index contributed by atoms with van der Waals surface area (Å²) in [6.07, 6.45) is 21.0. The van der Waals surface area contributed by atoms with Crippen LogP contribution in [0.15, 0.2) is 105 Å². The minimum atomic E-state index is -3.51. The normalized spacial score (nSPS) is 14.5. The van der Waals surface area contributed by atoms with Crippen molar-refractivity contribution in [2.75, 3.05) is 6.61 Å². The Labute approximate surface area is 263 Å². The van der Waals surface area contributed by atoms with Crippen LogP contribution in [0.1, 0.15) is 113 Å². The van der Waals surface area contributed by atoms with Crippen molar-refractivity contribution in [3.63, 3.8) is 0 Å². The molecule has 1 aromatic carbocycles. The van der Waals surface area contributed by atoms with Gasteiger partial charge in [-0.1, -0.05) is 82.0 Å². The van der Waals surface area contributed by atoms with Gasteiger partial charge in [0.1, 0.15) is 6.61 Å². The number of sulfone groups is 1. The number of rotatable bonds is 19. The molecular weight excluding hydrogens is 552 g/mol. The molecule has 0 fully saturated rings. The van der Waals surface area contributed by atoms with Crippen molar-refractivity contribution in [3.05, 3.63) is 100 Å². The van der Waals surface area contributed by atoms with E-state index in [1.54, 1.807) is 24.3 Å². The van der Waals surface area contributed by atoms with Gasteiger partial charge in [0.15, 0.2) is 9.84 Å². The molecule has 5 heteroatoms. The lowest BCUT2D eigenvalue weighted by molar-refractivity contribution is -0.139. The van der Waals surface area contributed by atoms with Gasteiger partial charge >= 0.3 is 5.97 Å². The van der Waals surface area contributed by atoms with Crippen LogP contribution in [0, 0.1) is 0 Å². The molecule has 238 valence electrons. The zero-order chi connectivity index (χ0) is 32.3. The smallest absolute Gasteiger partial charge is 0.302 e. The fourth-order valence-electron chi connectivity index (χ4n) is 4.68. The average Bonchev–Trinajstić information content (AvgIpc) is 2.92. The first-order valence-electron chi connectivity index (χ1n) is 15.7. The number of ether oxygens (including phenoxy) is 1. The number of hydrogen-bond donors (Lipinski definition) is 0. The third-order valence-corrected chi connectivity index (χ3v) is 9.40. The van der Waals surface area contributed by atoms with Crippen molar-refractivity contribution in [3.8, 4) is 0 Å². The molecular formula is C38H56O4S. The zero-order valence-corrected chi connectivity index (χ0v) is 28.9. The van der Waals surface area contributed by atoms with Crippen LogP contribution in [0.3, 0.4) is 0 Å². The summed E-state index contributed by atoms with van der Waals surface area (Å²) in [5.41, 5.74) is 7.47. The lowest BCUT2D eigenvalue weighted by Gasteiger charge is -2.16. The lowest BCUT2D eigenvalue weighted by Crippen LogP contribution is -2.20. The van der Waals surface area contributed by atoms with E-state index in [0.29, 0.717) is 17.9 Å². The van der Waals surface area contributed by atoms with Gasteiger partial charge in [-0.15, -0.1) is 0 Å². The Morgan fingerprint density at radius 2 is 1.12 bits per heavy atom. The zero-order valence-electron chi connectivity index (χ0n) is 28.0. The fourth-order valence-corrected chi connectivity index (χ4v) is 6.46. The van der Waals surface area contributed by atoms with Crippen LogP contribution in [0.4, 0.5) is 0 Å². The van der Waals surface area contributed by atoms with Crippen molar-refractivity contribution in [1.29, 1.82) is 0 Å². The predicted molar refractivity (Wildman–Crippen MR) is 184 cm³/mol. The van der Waals surface area contributed by atoms with E-state index in [0.717, 1.165) is 62.5 Å². The molecule has 43 heavy (non-hydrogen) atoms. The third kappa shape index (κ3) is 17.7. The minimum absolute atomic E-state index is 0.262. The molecule has 1 atom stereocenters. The maximum atomic E-state index is 13.7. The molecule has 0 bridgehead atoms. The molecule has 0 spiro atoms. The van der Waals surface area contributed by atoms with Crippen LogP contribution < -0.4 is 0 Å². The van der Waals surface area contributed by atoms with E-state index >= 15 is 0 Å². The highest BCUT2D eigenvalue weighted by atomic mass is 32.2. The highest BCUT2D eigenvalue weighted by Crippen LogP contribution is 2.25. The molecule has 1 rings (SSSR count). The van der Waals surface area contributed by atoms with Gasteiger partial charge in [-0.2, -0.15) is 0 Å². The van der Waals surface area contributed by atoms with Crippen molar-refractivity contribution in [2.45, 2.75) is 123 Å². The van der Waals surface area contributed by atoms with E-state index in [2.05, 4.69) is 65.8 Å². The van der Waals surface area contributed by atoms with Crippen molar-refractivity contribution in [2.24, 2.45) is 0 Å². The van der Waals surface area contributed by atoms with E-state index in [4.69, 9.17) is 4.74 Å². The molecule has 1 unspecified atom stereocenters. The molecule has 0 saturated heterocycles. The van der Waals surface area contributed by atoms with Gasteiger partial charge in [0.05, 0.1) is 10.1 Å². The van der Waals surface area contributed by atoms with Gasteiger partial charge in [0.25, 0.3) is 0 Å². The van der Waals surface area contributed by atoms with Gasteiger partial charge in [-0.3, -0.25) is 4.79 Å². The van der Waals surface area contributed by atoms with Gasteiger partial charge in [0, 0.05) is 6.92 Å². The summed E-state index contributed by atoms with van der Waals surface area (Å²) in [6.45, 7) is 16.5. The minimum Gasteiger partial charge on any atom is -0.462 e. The molecule has 0 radical (unpaired) electrons. The molecule has 0 N–H and O–H groups in total. The molecule has 0 heterocycles. The van der Waals surface area contributed by atoms with Gasteiger partial charge in [-0.25, -0.2) is 8.42 Å². The summed E-state index contributed by atoms with van der Waals surface area (Å²) in [4.78, 5) is 11.3. The number of allylic oxidation sites excluding steroid dienone is 10. The Morgan fingerprint density at radius 1 is 0.651 bits per heavy atom. The summed E-state index contributed by atoms with van der Waals surface area (Å²) >= 11 is 0. The third-order valence-electron chi connectivity index (χ3n) is 7.37. The summed E-state index contributed by atoms with van der Waals surface area (Å²) in [5, 5.41) is -0.590. The molecule has 0 amide bonds. The Bertz CT molecular complexity index is 1280. The van der Waals surface area contributed by atoms with Crippen molar-refractivity contribution >= 4 is 15.8 Å². The average molecular weight is 609 g/mol. The second-order valence-corrected chi connectivity index (χ2v) is 14.2. The number of benzene rings is 1. The molecule has 0 aliphatic rings. The van der Waals surface area contributed by atoms with E-state index in [1.165, 1.54) is 29.2 Å². The Balaban J connectivity index is 2.86. The highest BCUT2D eigenvalue weighted by molar-refractivity contribution is 7.92. The van der Waals surface area contributed by atoms with Crippen LogP contribution in [0.25, 0.3) is 0 Å². The number of carbonyl (C=O) groups is 1. The molecule has 0 aliphatic heterocycles. The number of esters is 1. The first-order valence-corrected chi connectivity index (χ1v) is 17.2. The van der Waals surface area contributed by atoms with Crippen molar-refractivity contribution in [1.82, 2.24) is 0 Å². The standard InChI is InChI=1S/C38H56O4S/c1-30(2)16-12-17-31(3)19-14-22-34(6)28-38(43(40,41)37-24-10-9-11-25-37)29-35(7)23-15-20-32(4)18-13-21-33(5)26-27-42-36(8)39/h9-11,16,18-19,23-26,28,38H,12-15,17,20-22,27,29H2,1-8H3/b31-19+,32-18+,33-26+,34-28+,35-23+. The highest BCUT2D eigenvalue weighted by Gasteiger charge is 2.26. The monoisotopic (exact) mass is 608 g/mol. The van der Waals surface area contributed by atoms with E-state index in [-0.39, 0.29) is 5.97 Å². The first-order chi connectivity index (χ1) is 20.3. The van der Waals surface area contributed by atoms with Crippen LogP contribution in [-0.2, 0) is 19.4 Å². The maximum Gasteiger partial charge on any atom is 0.302 e. The SMILES string of the molecule is CC(=O)OC/C=C(\C)CC/C=C(\C)CC/C=C(\C)CC(/C=C(\C)CC/C=C(\C)CCC=C(C)C)S(=O)(=O)c1ccccc1. The fraction of sp³-hybridized carbons (Fsp3) is 0.500. The molecule has 0 aromatic heterocycles. The van der Waals surface area contributed by atoms with Crippen molar-refractivity contribution < 1.29 is 17.9 Å². The maximum absolute atomic E-state index is 13.7. The Hall–Kier alpha value is -2.92. The molecule has 0 aliphatic carbocycles. The largest absolute Gasteiger partial charge is 0.462 e. The number of hydrogen-bond acceptors (Lipinski definition) is 4. The summed E-state index contributed by atoms with van der Waals surface area (Å²) in [7, 11) is -3.51. The van der Waals surface area contributed by atoms with Crippen LogP contribution in [-0.4, -0.2) is 26.2 Å². The molecule has 4 nitrogen and oxygen atoms in total. The second kappa shape index (κ2) is 20.9.